The molecule has 21 heavy (non-hydrogen) atoms. The van der Waals surface area contributed by atoms with Gasteiger partial charge in [0.25, 0.3) is 0 Å². The second kappa shape index (κ2) is 8.39. The van der Waals surface area contributed by atoms with E-state index in [1.807, 2.05) is 31.2 Å². The van der Waals surface area contributed by atoms with Gasteiger partial charge in [0.2, 0.25) is 5.95 Å². The molecule has 114 valence electrons. The predicted molar refractivity (Wildman–Crippen MR) is 84.7 cm³/mol. The number of ether oxygens (including phenoxy) is 1. The van der Waals surface area contributed by atoms with Crippen LogP contribution in [0.1, 0.15) is 13.3 Å². The van der Waals surface area contributed by atoms with Crippen LogP contribution in [-0.2, 0) is 4.74 Å². The number of rotatable bonds is 9. The van der Waals surface area contributed by atoms with Gasteiger partial charge in [0.15, 0.2) is 0 Å². The number of para-hydroxylation sites is 1. The maximum absolute atomic E-state index is 8.64. The fourth-order valence-electron chi connectivity index (χ4n) is 2.00. The van der Waals surface area contributed by atoms with Crippen molar-refractivity contribution in [2.24, 2.45) is 0 Å². The minimum absolute atomic E-state index is 0.0655. The molecule has 2 aromatic rings. The Labute approximate surface area is 124 Å². The van der Waals surface area contributed by atoms with Crippen LogP contribution >= 0.6 is 0 Å². The molecule has 0 unspecified atom stereocenters. The van der Waals surface area contributed by atoms with E-state index in [0.29, 0.717) is 19.2 Å². The van der Waals surface area contributed by atoms with Crippen molar-refractivity contribution in [2.75, 3.05) is 43.5 Å². The summed E-state index contributed by atoms with van der Waals surface area (Å²) in [5.74, 6) is 1.47. The van der Waals surface area contributed by atoms with Crippen LogP contribution in [-0.4, -0.2) is 48.0 Å². The smallest absolute Gasteiger partial charge is 0.225 e. The van der Waals surface area contributed by atoms with Gasteiger partial charge in [-0.05, 0) is 25.5 Å². The average molecular weight is 290 g/mol. The van der Waals surface area contributed by atoms with Crippen LogP contribution in [0.2, 0.25) is 0 Å². The first-order valence-electron chi connectivity index (χ1n) is 7.28. The number of benzene rings is 1. The third-order valence-corrected chi connectivity index (χ3v) is 2.93. The topological polar surface area (TPSA) is 79.3 Å². The van der Waals surface area contributed by atoms with Crippen molar-refractivity contribution >= 4 is 22.7 Å². The Morgan fingerprint density at radius 3 is 2.81 bits per heavy atom. The minimum atomic E-state index is 0.0655. The third kappa shape index (κ3) is 4.54. The van der Waals surface area contributed by atoms with E-state index in [4.69, 9.17) is 9.84 Å². The lowest BCUT2D eigenvalue weighted by atomic mass is 10.2. The summed E-state index contributed by atoms with van der Waals surface area (Å²) in [4.78, 5) is 8.99. The van der Waals surface area contributed by atoms with Crippen LogP contribution < -0.4 is 10.6 Å². The van der Waals surface area contributed by atoms with E-state index in [9.17, 15) is 0 Å². The Balaban J connectivity index is 2.03. The molecular formula is C15H22N4O2. The molecule has 0 aliphatic carbocycles. The molecule has 0 spiro atoms. The normalized spacial score (nSPS) is 10.8. The SMILES string of the molecule is CCNc1nc(NCCCOCCO)c2ccccc2n1. The van der Waals surface area contributed by atoms with E-state index >= 15 is 0 Å². The zero-order chi connectivity index (χ0) is 14.9. The summed E-state index contributed by atoms with van der Waals surface area (Å²) >= 11 is 0. The summed E-state index contributed by atoms with van der Waals surface area (Å²) in [6.07, 6.45) is 0.856. The molecule has 6 nitrogen and oxygen atoms in total. The lowest BCUT2D eigenvalue weighted by Crippen LogP contribution is -2.10. The van der Waals surface area contributed by atoms with Gasteiger partial charge in [0.1, 0.15) is 5.82 Å². The standard InChI is InChI=1S/C15H22N4O2/c1-2-16-15-18-13-7-4-3-6-12(13)14(19-15)17-8-5-10-21-11-9-20/h3-4,6-7,20H,2,5,8-11H2,1H3,(H2,16,17,18,19). The molecule has 1 aromatic heterocycles. The van der Waals surface area contributed by atoms with E-state index in [-0.39, 0.29) is 6.61 Å². The average Bonchev–Trinajstić information content (AvgIpc) is 2.51. The molecule has 2 rings (SSSR count). The van der Waals surface area contributed by atoms with Crippen LogP contribution in [0.3, 0.4) is 0 Å². The third-order valence-electron chi connectivity index (χ3n) is 2.93. The van der Waals surface area contributed by atoms with Crippen LogP contribution in [0.4, 0.5) is 11.8 Å². The highest BCUT2D eigenvalue weighted by atomic mass is 16.5. The molecule has 0 aliphatic rings. The molecule has 0 radical (unpaired) electrons. The quantitative estimate of drug-likeness (QED) is 0.612. The van der Waals surface area contributed by atoms with Gasteiger partial charge < -0.3 is 20.5 Å². The van der Waals surface area contributed by atoms with E-state index in [2.05, 4.69) is 20.6 Å². The van der Waals surface area contributed by atoms with Crippen LogP contribution in [0.5, 0.6) is 0 Å². The number of aromatic nitrogens is 2. The zero-order valence-electron chi connectivity index (χ0n) is 12.3. The maximum atomic E-state index is 8.64. The number of nitrogens with one attached hydrogen (secondary N) is 2. The van der Waals surface area contributed by atoms with Gasteiger partial charge in [0, 0.05) is 25.1 Å². The van der Waals surface area contributed by atoms with Crippen LogP contribution in [0, 0.1) is 0 Å². The molecule has 0 amide bonds. The number of anilines is 2. The molecule has 0 saturated heterocycles. The van der Waals surface area contributed by atoms with Gasteiger partial charge in [-0.2, -0.15) is 4.98 Å². The van der Waals surface area contributed by atoms with E-state index < -0.39 is 0 Å². The molecule has 1 heterocycles. The van der Waals surface area contributed by atoms with E-state index in [0.717, 1.165) is 36.2 Å². The lowest BCUT2D eigenvalue weighted by Gasteiger charge is -2.11. The Morgan fingerprint density at radius 2 is 2.00 bits per heavy atom. The monoisotopic (exact) mass is 290 g/mol. The first kappa shape index (κ1) is 15.5. The first-order chi connectivity index (χ1) is 10.3. The molecule has 0 saturated carbocycles. The molecule has 3 N–H and O–H groups in total. The van der Waals surface area contributed by atoms with Crippen molar-refractivity contribution in [3.05, 3.63) is 24.3 Å². The maximum Gasteiger partial charge on any atom is 0.225 e. The summed E-state index contributed by atoms with van der Waals surface area (Å²) in [6, 6.07) is 7.94. The van der Waals surface area contributed by atoms with Crippen LogP contribution in [0.25, 0.3) is 10.9 Å². The summed E-state index contributed by atoms with van der Waals surface area (Å²) in [6.45, 7) is 4.64. The predicted octanol–water partition coefficient (Wildman–Crippen LogP) is 1.87. The number of aliphatic hydroxyl groups excluding tert-OH is 1. The molecule has 6 heteroatoms. The van der Waals surface area contributed by atoms with E-state index in [1.165, 1.54) is 0 Å². The minimum Gasteiger partial charge on any atom is -0.394 e. The number of aliphatic hydroxyl groups is 1. The van der Waals surface area contributed by atoms with Crippen molar-refractivity contribution in [3.63, 3.8) is 0 Å². The van der Waals surface area contributed by atoms with Crippen molar-refractivity contribution in [1.29, 1.82) is 0 Å². The molecule has 0 fully saturated rings. The molecule has 0 atom stereocenters. The van der Waals surface area contributed by atoms with Crippen molar-refractivity contribution in [2.45, 2.75) is 13.3 Å². The summed E-state index contributed by atoms with van der Waals surface area (Å²) in [5.41, 5.74) is 0.919. The largest absolute Gasteiger partial charge is 0.394 e. The second-order valence-electron chi connectivity index (χ2n) is 4.56. The van der Waals surface area contributed by atoms with Crippen molar-refractivity contribution in [1.82, 2.24) is 9.97 Å². The van der Waals surface area contributed by atoms with Crippen LogP contribution in [0.15, 0.2) is 24.3 Å². The van der Waals surface area contributed by atoms with Gasteiger partial charge in [-0.25, -0.2) is 4.98 Å². The zero-order valence-corrected chi connectivity index (χ0v) is 12.3. The van der Waals surface area contributed by atoms with Gasteiger partial charge >= 0.3 is 0 Å². The molecular weight excluding hydrogens is 268 g/mol. The molecule has 0 aliphatic heterocycles. The Kier molecular flexibility index (Phi) is 6.18. The number of hydrogen-bond acceptors (Lipinski definition) is 6. The lowest BCUT2D eigenvalue weighted by molar-refractivity contribution is 0.0922. The first-order valence-corrected chi connectivity index (χ1v) is 7.28. The molecule has 1 aromatic carbocycles. The second-order valence-corrected chi connectivity index (χ2v) is 4.56. The summed E-state index contributed by atoms with van der Waals surface area (Å²) in [7, 11) is 0. The fraction of sp³-hybridized carbons (Fsp3) is 0.467. The Hall–Kier alpha value is -1.92. The van der Waals surface area contributed by atoms with Crippen molar-refractivity contribution in [3.8, 4) is 0 Å². The van der Waals surface area contributed by atoms with Gasteiger partial charge in [-0.1, -0.05) is 12.1 Å². The van der Waals surface area contributed by atoms with Gasteiger partial charge in [0.05, 0.1) is 18.7 Å². The van der Waals surface area contributed by atoms with E-state index in [1.54, 1.807) is 0 Å². The van der Waals surface area contributed by atoms with Gasteiger partial charge in [-0.15, -0.1) is 0 Å². The highest BCUT2D eigenvalue weighted by Gasteiger charge is 2.06. The Morgan fingerprint density at radius 1 is 1.14 bits per heavy atom. The highest BCUT2D eigenvalue weighted by molar-refractivity contribution is 5.89. The number of hydrogen-bond donors (Lipinski definition) is 3. The molecule has 0 bridgehead atoms. The number of nitrogens with zero attached hydrogens (tertiary/aromatic N) is 2. The highest BCUT2D eigenvalue weighted by Crippen LogP contribution is 2.21. The Bertz CT molecular complexity index is 562. The summed E-state index contributed by atoms with van der Waals surface area (Å²) in [5, 5.41) is 16.1. The summed E-state index contributed by atoms with van der Waals surface area (Å²) < 4.78 is 5.24. The number of fused-ring (bicyclic) bond motifs is 1. The van der Waals surface area contributed by atoms with Gasteiger partial charge in [-0.3, -0.25) is 0 Å². The van der Waals surface area contributed by atoms with Crippen molar-refractivity contribution < 1.29 is 9.84 Å². The fourth-order valence-corrected chi connectivity index (χ4v) is 2.00.